The number of rotatable bonds is 6. The molecule has 0 aromatic carbocycles. The molecule has 13 heavy (non-hydrogen) atoms. The van der Waals surface area contributed by atoms with Crippen molar-refractivity contribution in [2.24, 2.45) is 11.8 Å². The second kappa shape index (κ2) is 6.39. The molecule has 2 heteroatoms. The second-order valence-electron chi connectivity index (χ2n) is 4.73. The Balaban J connectivity index is 3.79. The zero-order chi connectivity index (χ0) is 10.4. The highest BCUT2D eigenvalue weighted by Gasteiger charge is 2.14. The van der Waals surface area contributed by atoms with E-state index >= 15 is 0 Å². The first-order valence-corrected chi connectivity index (χ1v) is 5.34. The molecule has 0 saturated carbocycles. The Kier molecular flexibility index (Phi) is 6.35. The fourth-order valence-corrected chi connectivity index (χ4v) is 1.60. The largest absolute Gasteiger partial charge is 0.395 e. The third-order valence-electron chi connectivity index (χ3n) is 2.32. The Morgan fingerprint density at radius 3 is 1.92 bits per heavy atom. The van der Waals surface area contributed by atoms with Gasteiger partial charge < -0.3 is 10.4 Å². The maximum atomic E-state index is 9.12. The summed E-state index contributed by atoms with van der Waals surface area (Å²) in [6.07, 6.45) is 1.17. The molecule has 0 rings (SSSR count). The highest BCUT2D eigenvalue weighted by Crippen LogP contribution is 2.07. The normalized spacial score (nSPS) is 16.6. The lowest BCUT2D eigenvalue weighted by molar-refractivity contribution is 0.196. The third kappa shape index (κ3) is 6.05. The van der Waals surface area contributed by atoms with Gasteiger partial charge in [-0.3, -0.25) is 0 Å². The van der Waals surface area contributed by atoms with E-state index in [1.165, 1.54) is 6.42 Å². The van der Waals surface area contributed by atoms with E-state index in [1.54, 1.807) is 0 Å². The highest BCUT2D eigenvalue weighted by atomic mass is 16.3. The maximum Gasteiger partial charge on any atom is 0.0587 e. The van der Waals surface area contributed by atoms with Crippen LogP contribution in [-0.2, 0) is 0 Å². The van der Waals surface area contributed by atoms with E-state index in [-0.39, 0.29) is 12.6 Å². The van der Waals surface area contributed by atoms with Crippen molar-refractivity contribution in [3.63, 3.8) is 0 Å². The Morgan fingerprint density at radius 1 is 1.08 bits per heavy atom. The molecule has 2 nitrogen and oxygen atoms in total. The predicted octanol–water partition coefficient (Wildman–Crippen LogP) is 2.03. The number of hydrogen-bond acceptors (Lipinski definition) is 2. The standard InChI is InChI=1S/C11H25NO/c1-8(2)6-10(5)12-11(7-13)9(3)4/h8-13H,6-7H2,1-5H3. The van der Waals surface area contributed by atoms with Crippen LogP contribution in [0.4, 0.5) is 0 Å². The molecule has 80 valence electrons. The van der Waals surface area contributed by atoms with E-state index in [4.69, 9.17) is 5.11 Å². The summed E-state index contributed by atoms with van der Waals surface area (Å²) in [6, 6.07) is 0.744. The molecule has 2 N–H and O–H groups in total. The Labute approximate surface area is 82.7 Å². The van der Waals surface area contributed by atoms with Crippen LogP contribution in [0, 0.1) is 11.8 Å². The molecule has 0 amide bonds. The van der Waals surface area contributed by atoms with Gasteiger partial charge in [0.2, 0.25) is 0 Å². The van der Waals surface area contributed by atoms with E-state index < -0.39 is 0 Å². The first-order valence-electron chi connectivity index (χ1n) is 5.34. The van der Waals surface area contributed by atoms with Crippen LogP contribution in [0.2, 0.25) is 0 Å². The minimum absolute atomic E-state index is 0.236. The van der Waals surface area contributed by atoms with E-state index in [9.17, 15) is 0 Å². The molecular weight excluding hydrogens is 162 g/mol. The fourth-order valence-electron chi connectivity index (χ4n) is 1.60. The average molecular weight is 187 g/mol. The van der Waals surface area contributed by atoms with Crippen molar-refractivity contribution in [3.8, 4) is 0 Å². The van der Waals surface area contributed by atoms with Crippen molar-refractivity contribution >= 4 is 0 Å². The minimum atomic E-state index is 0.236. The summed E-state index contributed by atoms with van der Waals surface area (Å²) in [5, 5.41) is 12.6. The van der Waals surface area contributed by atoms with Gasteiger partial charge in [0.25, 0.3) is 0 Å². The van der Waals surface area contributed by atoms with Gasteiger partial charge in [0, 0.05) is 12.1 Å². The average Bonchev–Trinajstić information content (AvgIpc) is 1.98. The number of nitrogens with one attached hydrogen (secondary N) is 1. The molecule has 0 radical (unpaired) electrons. The van der Waals surface area contributed by atoms with Crippen LogP contribution in [0.1, 0.15) is 41.0 Å². The van der Waals surface area contributed by atoms with Crippen molar-refractivity contribution in [3.05, 3.63) is 0 Å². The molecule has 0 heterocycles. The van der Waals surface area contributed by atoms with Gasteiger partial charge in [-0.15, -0.1) is 0 Å². The quantitative estimate of drug-likeness (QED) is 0.667. The van der Waals surface area contributed by atoms with Gasteiger partial charge in [-0.05, 0) is 25.2 Å². The smallest absolute Gasteiger partial charge is 0.0587 e. The Bertz CT molecular complexity index is 123. The lowest BCUT2D eigenvalue weighted by Gasteiger charge is -2.25. The van der Waals surface area contributed by atoms with Crippen molar-refractivity contribution in [2.75, 3.05) is 6.61 Å². The summed E-state index contributed by atoms with van der Waals surface area (Å²) in [7, 11) is 0. The Morgan fingerprint density at radius 2 is 1.62 bits per heavy atom. The number of hydrogen-bond donors (Lipinski definition) is 2. The van der Waals surface area contributed by atoms with Gasteiger partial charge in [-0.25, -0.2) is 0 Å². The van der Waals surface area contributed by atoms with Crippen LogP contribution in [0.3, 0.4) is 0 Å². The van der Waals surface area contributed by atoms with Crippen molar-refractivity contribution in [2.45, 2.75) is 53.1 Å². The molecule has 2 unspecified atom stereocenters. The molecule has 0 aromatic rings. The highest BCUT2D eigenvalue weighted by molar-refractivity contribution is 4.74. The molecule has 0 aliphatic rings. The van der Waals surface area contributed by atoms with Crippen LogP contribution >= 0.6 is 0 Å². The van der Waals surface area contributed by atoms with Gasteiger partial charge in [0.05, 0.1) is 6.61 Å². The first-order chi connectivity index (χ1) is 5.97. The monoisotopic (exact) mass is 187 g/mol. The van der Waals surface area contributed by atoms with Gasteiger partial charge >= 0.3 is 0 Å². The van der Waals surface area contributed by atoms with Gasteiger partial charge in [0.15, 0.2) is 0 Å². The van der Waals surface area contributed by atoms with Crippen molar-refractivity contribution < 1.29 is 5.11 Å². The van der Waals surface area contributed by atoms with Crippen molar-refractivity contribution in [1.29, 1.82) is 0 Å². The maximum absolute atomic E-state index is 9.12. The van der Waals surface area contributed by atoms with Crippen LogP contribution in [-0.4, -0.2) is 23.8 Å². The zero-order valence-electron chi connectivity index (χ0n) is 9.67. The molecule has 0 saturated heterocycles. The molecular formula is C11H25NO. The molecule has 0 spiro atoms. The summed E-state index contributed by atoms with van der Waals surface area (Å²) in [4.78, 5) is 0. The SMILES string of the molecule is CC(C)CC(C)NC(CO)C(C)C. The van der Waals surface area contributed by atoms with Crippen LogP contribution in [0.25, 0.3) is 0 Å². The van der Waals surface area contributed by atoms with E-state index in [0.29, 0.717) is 17.9 Å². The molecule has 0 fully saturated rings. The molecule has 2 atom stereocenters. The zero-order valence-corrected chi connectivity index (χ0v) is 9.67. The number of aliphatic hydroxyl groups excluding tert-OH is 1. The summed E-state index contributed by atoms with van der Waals surface area (Å²) >= 11 is 0. The minimum Gasteiger partial charge on any atom is -0.395 e. The lowest BCUT2D eigenvalue weighted by atomic mass is 10.0. The number of aliphatic hydroxyl groups is 1. The summed E-state index contributed by atoms with van der Waals surface area (Å²) < 4.78 is 0. The predicted molar refractivity (Wildman–Crippen MR) is 57.8 cm³/mol. The third-order valence-corrected chi connectivity index (χ3v) is 2.32. The van der Waals surface area contributed by atoms with Gasteiger partial charge in [0.1, 0.15) is 0 Å². The fraction of sp³-hybridized carbons (Fsp3) is 1.00. The van der Waals surface area contributed by atoms with E-state index in [1.807, 2.05) is 0 Å². The van der Waals surface area contributed by atoms with E-state index in [0.717, 1.165) is 0 Å². The Hall–Kier alpha value is -0.0800. The van der Waals surface area contributed by atoms with Crippen LogP contribution in [0.15, 0.2) is 0 Å². The van der Waals surface area contributed by atoms with Crippen LogP contribution in [0.5, 0.6) is 0 Å². The first kappa shape index (κ1) is 12.9. The van der Waals surface area contributed by atoms with Crippen LogP contribution < -0.4 is 5.32 Å². The van der Waals surface area contributed by atoms with Crippen molar-refractivity contribution in [1.82, 2.24) is 5.32 Å². The van der Waals surface area contributed by atoms with Gasteiger partial charge in [-0.2, -0.15) is 0 Å². The topological polar surface area (TPSA) is 32.3 Å². The van der Waals surface area contributed by atoms with Gasteiger partial charge in [-0.1, -0.05) is 27.7 Å². The lowest BCUT2D eigenvalue weighted by Crippen LogP contribution is -2.42. The summed E-state index contributed by atoms with van der Waals surface area (Å²) in [6.45, 7) is 11.1. The molecule has 0 aromatic heterocycles. The molecule has 0 aliphatic heterocycles. The molecule has 0 bridgehead atoms. The molecule has 0 aliphatic carbocycles. The second-order valence-corrected chi connectivity index (χ2v) is 4.73. The van der Waals surface area contributed by atoms with E-state index in [2.05, 4.69) is 39.9 Å². The summed E-state index contributed by atoms with van der Waals surface area (Å²) in [5.74, 6) is 1.22. The summed E-state index contributed by atoms with van der Waals surface area (Å²) in [5.41, 5.74) is 0.